The summed E-state index contributed by atoms with van der Waals surface area (Å²) in [5.74, 6) is 1.61. The van der Waals surface area contributed by atoms with Crippen LogP contribution in [0.15, 0.2) is 73.0 Å². The van der Waals surface area contributed by atoms with E-state index in [0.717, 1.165) is 20.2 Å². The van der Waals surface area contributed by atoms with Crippen molar-refractivity contribution >= 4 is 53.1 Å². The standard InChI is InChI=1S/C18H16N4O2S3/c23-16(20-19-10-4-8-15-9-5-11-24-15)13-26-18-22-21-17(27-18)25-12-14-6-2-1-3-7-14/h1-11H,12-13H2,(H,20,23)/b8-4+,19-10-. The Balaban J connectivity index is 1.36. The minimum absolute atomic E-state index is 0.198. The summed E-state index contributed by atoms with van der Waals surface area (Å²) in [6.07, 6.45) is 6.52. The molecule has 0 aliphatic carbocycles. The number of allylic oxidation sites excluding steroid dienone is 1. The van der Waals surface area contributed by atoms with E-state index < -0.39 is 0 Å². The van der Waals surface area contributed by atoms with Gasteiger partial charge in [-0.3, -0.25) is 4.79 Å². The Morgan fingerprint density at radius 2 is 1.96 bits per heavy atom. The minimum atomic E-state index is -0.198. The summed E-state index contributed by atoms with van der Waals surface area (Å²) in [6, 6.07) is 13.8. The zero-order chi connectivity index (χ0) is 18.7. The van der Waals surface area contributed by atoms with Crippen LogP contribution in [0.5, 0.6) is 0 Å². The minimum Gasteiger partial charge on any atom is -0.465 e. The Kier molecular flexibility index (Phi) is 7.69. The number of carbonyl (C=O) groups excluding carboxylic acids is 1. The normalized spacial score (nSPS) is 11.4. The van der Waals surface area contributed by atoms with Crippen LogP contribution < -0.4 is 5.43 Å². The highest BCUT2D eigenvalue weighted by Gasteiger charge is 2.08. The molecule has 0 saturated heterocycles. The first kappa shape index (κ1) is 19.4. The van der Waals surface area contributed by atoms with Crippen molar-refractivity contribution in [2.75, 3.05) is 5.75 Å². The van der Waals surface area contributed by atoms with Crippen LogP contribution in [0.25, 0.3) is 6.08 Å². The first-order valence-corrected chi connectivity index (χ1v) is 10.7. The predicted octanol–water partition coefficient (Wildman–Crippen LogP) is 4.33. The molecule has 0 radical (unpaired) electrons. The number of nitrogens with zero attached hydrogens (tertiary/aromatic N) is 3. The largest absolute Gasteiger partial charge is 0.465 e. The van der Waals surface area contributed by atoms with Gasteiger partial charge in [-0.15, -0.1) is 10.2 Å². The van der Waals surface area contributed by atoms with Gasteiger partial charge in [-0.25, -0.2) is 5.43 Å². The first-order chi connectivity index (χ1) is 13.3. The molecule has 3 rings (SSSR count). The van der Waals surface area contributed by atoms with Crippen LogP contribution in [0.3, 0.4) is 0 Å². The molecule has 0 fully saturated rings. The Morgan fingerprint density at radius 1 is 1.15 bits per heavy atom. The van der Waals surface area contributed by atoms with Gasteiger partial charge < -0.3 is 4.42 Å². The number of hydrazone groups is 1. The number of amides is 1. The van der Waals surface area contributed by atoms with Crippen LogP contribution in [0, 0.1) is 0 Å². The highest BCUT2D eigenvalue weighted by Crippen LogP contribution is 2.30. The van der Waals surface area contributed by atoms with E-state index in [4.69, 9.17) is 4.42 Å². The van der Waals surface area contributed by atoms with Crippen LogP contribution in [0.2, 0.25) is 0 Å². The molecule has 0 spiro atoms. The van der Waals surface area contributed by atoms with Crippen molar-refractivity contribution in [3.05, 3.63) is 66.1 Å². The molecule has 27 heavy (non-hydrogen) atoms. The Hall–Kier alpha value is -2.36. The summed E-state index contributed by atoms with van der Waals surface area (Å²) in [5, 5.41) is 12.1. The molecule has 138 valence electrons. The highest BCUT2D eigenvalue weighted by atomic mass is 32.2. The molecule has 9 heteroatoms. The molecule has 0 atom stereocenters. The molecule has 0 unspecified atom stereocenters. The van der Waals surface area contributed by atoms with Crippen molar-refractivity contribution in [1.82, 2.24) is 15.6 Å². The van der Waals surface area contributed by atoms with E-state index in [0.29, 0.717) is 0 Å². The summed E-state index contributed by atoms with van der Waals surface area (Å²) >= 11 is 4.47. The third kappa shape index (κ3) is 7.05. The van der Waals surface area contributed by atoms with Crippen LogP contribution in [-0.4, -0.2) is 28.1 Å². The maximum absolute atomic E-state index is 11.8. The van der Waals surface area contributed by atoms with Gasteiger partial charge in [-0.2, -0.15) is 5.10 Å². The molecule has 1 N–H and O–H groups in total. The van der Waals surface area contributed by atoms with Crippen molar-refractivity contribution < 1.29 is 9.21 Å². The van der Waals surface area contributed by atoms with E-state index in [1.165, 1.54) is 34.9 Å². The lowest BCUT2D eigenvalue weighted by Gasteiger charge is -1.97. The maximum atomic E-state index is 11.8. The smallest absolute Gasteiger partial charge is 0.250 e. The van der Waals surface area contributed by atoms with Crippen molar-refractivity contribution in [2.45, 2.75) is 14.4 Å². The lowest BCUT2D eigenvalue weighted by atomic mass is 10.2. The fourth-order valence-corrected chi connectivity index (χ4v) is 4.64. The van der Waals surface area contributed by atoms with Crippen LogP contribution in [0.4, 0.5) is 0 Å². The fraction of sp³-hybridized carbons (Fsp3) is 0.111. The van der Waals surface area contributed by atoms with Crippen molar-refractivity contribution in [3.8, 4) is 0 Å². The quantitative estimate of drug-likeness (QED) is 0.318. The number of benzene rings is 1. The van der Waals surface area contributed by atoms with Gasteiger partial charge in [-0.05, 0) is 29.8 Å². The van der Waals surface area contributed by atoms with Gasteiger partial charge in [0.15, 0.2) is 8.68 Å². The Labute approximate surface area is 169 Å². The van der Waals surface area contributed by atoms with Crippen LogP contribution in [-0.2, 0) is 10.5 Å². The van der Waals surface area contributed by atoms with Crippen molar-refractivity contribution in [2.24, 2.45) is 5.10 Å². The molecule has 1 aromatic carbocycles. The summed E-state index contributed by atoms with van der Waals surface area (Å²) in [5.41, 5.74) is 3.71. The number of furan rings is 1. The molecule has 1 amide bonds. The van der Waals surface area contributed by atoms with E-state index >= 15 is 0 Å². The molecule has 0 aliphatic rings. The van der Waals surface area contributed by atoms with Crippen molar-refractivity contribution in [3.63, 3.8) is 0 Å². The zero-order valence-electron chi connectivity index (χ0n) is 14.1. The second-order valence-corrected chi connectivity index (χ2v) is 8.51. The molecular weight excluding hydrogens is 400 g/mol. The zero-order valence-corrected chi connectivity index (χ0v) is 16.6. The second kappa shape index (κ2) is 10.7. The number of nitrogens with one attached hydrogen (secondary N) is 1. The van der Waals surface area contributed by atoms with E-state index in [9.17, 15) is 4.79 Å². The van der Waals surface area contributed by atoms with Crippen LogP contribution >= 0.6 is 34.9 Å². The van der Waals surface area contributed by atoms with Crippen LogP contribution in [0.1, 0.15) is 11.3 Å². The van der Waals surface area contributed by atoms with Gasteiger partial charge >= 0.3 is 0 Å². The van der Waals surface area contributed by atoms with Gasteiger partial charge in [0.2, 0.25) is 0 Å². The summed E-state index contributed by atoms with van der Waals surface area (Å²) in [6.45, 7) is 0. The lowest BCUT2D eigenvalue weighted by molar-refractivity contribution is -0.118. The summed E-state index contributed by atoms with van der Waals surface area (Å²) in [7, 11) is 0. The Morgan fingerprint density at radius 3 is 2.74 bits per heavy atom. The van der Waals surface area contributed by atoms with Gasteiger partial charge in [0.1, 0.15) is 5.76 Å². The third-order valence-electron chi connectivity index (χ3n) is 3.07. The van der Waals surface area contributed by atoms with Gasteiger partial charge in [0, 0.05) is 12.0 Å². The van der Waals surface area contributed by atoms with Crippen molar-refractivity contribution in [1.29, 1.82) is 0 Å². The number of hydrogen-bond donors (Lipinski definition) is 1. The van der Waals surface area contributed by atoms with E-state index in [2.05, 4.69) is 32.9 Å². The number of thioether (sulfide) groups is 2. The number of aromatic nitrogens is 2. The molecular formula is C18H16N4O2S3. The van der Waals surface area contributed by atoms with E-state index in [-0.39, 0.29) is 11.7 Å². The Bertz CT molecular complexity index is 892. The number of hydrogen-bond acceptors (Lipinski definition) is 8. The summed E-state index contributed by atoms with van der Waals surface area (Å²) in [4.78, 5) is 11.8. The predicted molar refractivity (Wildman–Crippen MR) is 111 cm³/mol. The SMILES string of the molecule is O=C(CSc1nnc(SCc2ccccc2)s1)N/N=C\C=C\c1ccco1. The number of carbonyl (C=O) groups is 1. The number of rotatable bonds is 9. The second-order valence-electron chi connectivity index (χ2n) is 5.08. The average molecular weight is 417 g/mol. The molecule has 0 aliphatic heterocycles. The van der Waals surface area contributed by atoms with Gasteiger partial charge in [0.25, 0.3) is 5.91 Å². The van der Waals surface area contributed by atoms with Gasteiger partial charge in [-0.1, -0.05) is 65.2 Å². The molecule has 0 bridgehead atoms. The molecule has 0 saturated carbocycles. The molecule has 3 aromatic rings. The average Bonchev–Trinajstić information content (AvgIpc) is 3.37. The summed E-state index contributed by atoms with van der Waals surface area (Å²) < 4.78 is 6.80. The first-order valence-electron chi connectivity index (χ1n) is 7.95. The van der Waals surface area contributed by atoms with E-state index in [1.807, 2.05) is 24.3 Å². The molecule has 2 aromatic heterocycles. The molecule has 2 heterocycles. The van der Waals surface area contributed by atoms with E-state index in [1.54, 1.807) is 36.2 Å². The third-order valence-corrected chi connectivity index (χ3v) is 6.33. The van der Waals surface area contributed by atoms with Gasteiger partial charge in [0.05, 0.1) is 12.0 Å². The fourth-order valence-electron chi connectivity index (χ4n) is 1.87. The lowest BCUT2D eigenvalue weighted by Crippen LogP contribution is -2.19. The topological polar surface area (TPSA) is 80.4 Å². The monoisotopic (exact) mass is 416 g/mol. The maximum Gasteiger partial charge on any atom is 0.250 e. The molecule has 6 nitrogen and oxygen atoms in total. The highest BCUT2D eigenvalue weighted by molar-refractivity contribution is 8.03.